The second-order valence-corrected chi connectivity index (χ2v) is 6.51. The Morgan fingerprint density at radius 2 is 1.71 bits per heavy atom. The van der Waals surface area contributed by atoms with Crippen LogP contribution < -0.4 is 5.73 Å². The quantitative estimate of drug-likeness (QED) is 0.703. The summed E-state index contributed by atoms with van der Waals surface area (Å²) >= 11 is 0. The Bertz CT molecular complexity index is 836. The van der Waals surface area contributed by atoms with Crippen LogP contribution >= 0.6 is 0 Å². The summed E-state index contributed by atoms with van der Waals surface area (Å²) in [6, 6.07) is 23.4. The molecule has 0 spiro atoms. The molecule has 0 bridgehead atoms. The number of benzene rings is 2. The first-order valence-corrected chi connectivity index (χ1v) is 8.36. The Kier molecular flexibility index (Phi) is 3.69. The van der Waals surface area contributed by atoms with Gasteiger partial charge in [-0.2, -0.15) is 5.10 Å². The molecule has 2 unspecified atom stereocenters. The van der Waals surface area contributed by atoms with Gasteiger partial charge in [0.25, 0.3) is 0 Å². The van der Waals surface area contributed by atoms with Crippen LogP contribution in [0.1, 0.15) is 35.6 Å². The Balaban J connectivity index is 1.81. The lowest BCUT2D eigenvalue weighted by molar-refractivity contribution is 0.424. The van der Waals surface area contributed by atoms with Crippen molar-refractivity contribution >= 4 is 5.82 Å². The SMILES string of the molecule is Nc1cc(C2(c3ccccc3)CC=CC(c3ccccc3)C2)[nH]n1. The van der Waals surface area contributed by atoms with Crippen LogP contribution in [0.4, 0.5) is 5.82 Å². The van der Waals surface area contributed by atoms with Crippen LogP contribution in [0.15, 0.2) is 78.9 Å². The van der Waals surface area contributed by atoms with Crippen molar-refractivity contribution in [2.75, 3.05) is 5.73 Å². The van der Waals surface area contributed by atoms with E-state index in [1.165, 1.54) is 11.1 Å². The third kappa shape index (κ3) is 2.52. The van der Waals surface area contributed by atoms with E-state index in [0.717, 1.165) is 18.5 Å². The number of H-pyrrole nitrogens is 1. The predicted molar refractivity (Wildman–Crippen MR) is 97.8 cm³/mol. The standard InChI is InChI=1S/C21H21N3/c22-20-14-19(23-24-20)21(18-11-5-2-6-12-18)13-7-10-17(15-21)16-8-3-1-4-9-16/h1-12,14,17H,13,15H2,(H3,22,23,24). The van der Waals surface area contributed by atoms with Gasteiger partial charge in [0.05, 0.1) is 0 Å². The van der Waals surface area contributed by atoms with E-state index in [-0.39, 0.29) is 5.41 Å². The molecule has 1 aliphatic rings. The summed E-state index contributed by atoms with van der Waals surface area (Å²) in [7, 11) is 0. The highest BCUT2D eigenvalue weighted by atomic mass is 15.2. The van der Waals surface area contributed by atoms with Gasteiger partial charge in [-0.05, 0) is 24.0 Å². The highest BCUT2D eigenvalue weighted by Gasteiger charge is 2.39. The highest BCUT2D eigenvalue weighted by molar-refractivity contribution is 5.44. The largest absolute Gasteiger partial charge is 0.382 e. The van der Waals surface area contributed by atoms with Crippen molar-refractivity contribution in [1.82, 2.24) is 10.2 Å². The molecule has 4 rings (SSSR count). The zero-order valence-electron chi connectivity index (χ0n) is 13.5. The summed E-state index contributed by atoms with van der Waals surface area (Å²) in [5.74, 6) is 0.927. The minimum Gasteiger partial charge on any atom is -0.382 e. The Hall–Kier alpha value is -2.81. The molecule has 0 saturated carbocycles. The second-order valence-electron chi connectivity index (χ2n) is 6.51. The summed E-state index contributed by atoms with van der Waals surface area (Å²) < 4.78 is 0. The van der Waals surface area contributed by atoms with Crippen LogP contribution in [0.5, 0.6) is 0 Å². The number of anilines is 1. The summed E-state index contributed by atoms with van der Waals surface area (Å²) in [6.45, 7) is 0. The summed E-state index contributed by atoms with van der Waals surface area (Å²) in [5.41, 5.74) is 9.53. The average molecular weight is 315 g/mol. The van der Waals surface area contributed by atoms with Gasteiger partial charge in [0.1, 0.15) is 5.82 Å². The Morgan fingerprint density at radius 3 is 2.38 bits per heavy atom. The molecule has 0 saturated heterocycles. The van der Waals surface area contributed by atoms with E-state index in [1.807, 2.05) is 6.07 Å². The first-order chi connectivity index (χ1) is 11.8. The third-order valence-electron chi connectivity index (χ3n) is 5.07. The van der Waals surface area contributed by atoms with Crippen LogP contribution in [0, 0.1) is 0 Å². The van der Waals surface area contributed by atoms with E-state index in [9.17, 15) is 0 Å². The number of hydrogen-bond acceptors (Lipinski definition) is 2. The summed E-state index contributed by atoms with van der Waals surface area (Å²) in [5, 5.41) is 7.37. The van der Waals surface area contributed by atoms with Crippen molar-refractivity contribution in [3.63, 3.8) is 0 Å². The second kappa shape index (κ2) is 6.00. The number of nitrogens with two attached hydrogens (primary N) is 1. The molecule has 3 aromatic rings. The smallest absolute Gasteiger partial charge is 0.145 e. The normalized spacial score (nSPS) is 23.2. The fourth-order valence-corrected chi connectivity index (χ4v) is 3.84. The van der Waals surface area contributed by atoms with E-state index in [4.69, 9.17) is 5.73 Å². The lowest BCUT2D eigenvalue weighted by Gasteiger charge is -2.38. The molecule has 1 heterocycles. The fraction of sp³-hybridized carbons (Fsp3) is 0.190. The van der Waals surface area contributed by atoms with Gasteiger partial charge in [-0.25, -0.2) is 0 Å². The Labute approximate surface area is 142 Å². The molecule has 0 aliphatic heterocycles. The van der Waals surface area contributed by atoms with E-state index in [1.54, 1.807) is 0 Å². The maximum absolute atomic E-state index is 5.91. The zero-order valence-corrected chi connectivity index (χ0v) is 13.5. The van der Waals surface area contributed by atoms with Crippen LogP contribution in [0.25, 0.3) is 0 Å². The van der Waals surface area contributed by atoms with Crippen molar-refractivity contribution in [3.8, 4) is 0 Å². The number of nitrogen functional groups attached to an aromatic ring is 1. The number of hydrogen-bond donors (Lipinski definition) is 2. The van der Waals surface area contributed by atoms with Crippen molar-refractivity contribution in [2.45, 2.75) is 24.2 Å². The lowest BCUT2D eigenvalue weighted by Crippen LogP contribution is -2.32. The highest BCUT2D eigenvalue weighted by Crippen LogP contribution is 2.46. The molecular weight excluding hydrogens is 294 g/mol. The van der Waals surface area contributed by atoms with E-state index in [2.05, 4.69) is 83.0 Å². The van der Waals surface area contributed by atoms with Gasteiger partial charge >= 0.3 is 0 Å². The number of nitrogens with one attached hydrogen (secondary N) is 1. The maximum Gasteiger partial charge on any atom is 0.145 e. The molecule has 24 heavy (non-hydrogen) atoms. The van der Waals surface area contributed by atoms with E-state index in [0.29, 0.717) is 11.7 Å². The molecule has 3 nitrogen and oxygen atoms in total. The van der Waals surface area contributed by atoms with Gasteiger partial charge in [0.15, 0.2) is 0 Å². The van der Waals surface area contributed by atoms with Gasteiger partial charge in [0.2, 0.25) is 0 Å². The molecule has 3 N–H and O–H groups in total. The van der Waals surface area contributed by atoms with Gasteiger partial charge in [0, 0.05) is 23.1 Å². The molecule has 1 aliphatic carbocycles. The minimum atomic E-state index is -0.124. The van der Waals surface area contributed by atoms with Crippen molar-refractivity contribution in [3.05, 3.63) is 95.7 Å². The molecule has 2 aromatic carbocycles. The maximum atomic E-state index is 5.91. The molecule has 0 amide bonds. The topological polar surface area (TPSA) is 54.7 Å². The van der Waals surface area contributed by atoms with E-state index < -0.39 is 0 Å². The first-order valence-electron chi connectivity index (χ1n) is 8.36. The fourth-order valence-electron chi connectivity index (χ4n) is 3.84. The Morgan fingerprint density at radius 1 is 1.00 bits per heavy atom. The van der Waals surface area contributed by atoms with Crippen LogP contribution in [-0.2, 0) is 5.41 Å². The molecule has 0 radical (unpaired) electrons. The number of allylic oxidation sites excluding steroid dienone is 2. The van der Waals surface area contributed by atoms with Crippen molar-refractivity contribution in [2.24, 2.45) is 0 Å². The molecule has 1 aromatic heterocycles. The molecule has 2 atom stereocenters. The van der Waals surface area contributed by atoms with Crippen LogP contribution in [0.2, 0.25) is 0 Å². The van der Waals surface area contributed by atoms with Crippen molar-refractivity contribution < 1.29 is 0 Å². The molecule has 120 valence electrons. The predicted octanol–water partition coefficient (Wildman–Crippen LogP) is 4.41. The van der Waals surface area contributed by atoms with Gasteiger partial charge in [-0.1, -0.05) is 72.8 Å². The lowest BCUT2D eigenvalue weighted by atomic mass is 9.65. The number of rotatable bonds is 3. The zero-order chi connectivity index (χ0) is 16.4. The average Bonchev–Trinajstić information content (AvgIpc) is 3.10. The summed E-state index contributed by atoms with van der Waals surface area (Å²) in [6.07, 6.45) is 6.57. The van der Waals surface area contributed by atoms with Crippen molar-refractivity contribution in [1.29, 1.82) is 0 Å². The number of aromatic nitrogens is 2. The van der Waals surface area contributed by atoms with E-state index >= 15 is 0 Å². The molecular formula is C21H21N3. The van der Waals surface area contributed by atoms with Gasteiger partial charge < -0.3 is 5.73 Å². The van der Waals surface area contributed by atoms with Gasteiger partial charge in [-0.3, -0.25) is 5.10 Å². The monoisotopic (exact) mass is 315 g/mol. The molecule has 3 heteroatoms. The minimum absolute atomic E-state index is 0.124. The van der Waals surface area contributed by atoms with Crippen LogP contribution in [-0.4, -0.2) is 10.2 Å². The summed E-state index contributed by atoms with van der Waals surface area (Å²) in [4.78, 5) is 0. The number of nitrogens with zero attached hydrogens (tertiary/aromatic N) is 1. The van der Waals surface area contributed by atoms with Crippen LogP contribution in [0.3, 0.4) is 0 Å². The van der Waals surface area contributed by atoms with Gasteiger partial charge in [-0.15, -0.1) is 0 Å². The number of aromatic amines is 1. The first kappa shape index (κ1) is 14.8. The third-order valence-corrected chi connectivity index (χ3v) is 5.07. The molecule has 0 fully saturated rings.